The molecule has 0 atom stereocenters. The number of anilines is 2. The molecule has 4 rings (SSSR count). The number of thiazole rings is 1. The molecule has 0 aliphatic rings. The molecule has 0 unspecified atom stereocenters. The van der Waals surface area contributed by atoms with Crippen LogP contribution in [-0.4, -0.2) is 37.1 Å². The smallest absolute Gasteiger partial charge is 0.255 e. The van der Waals surface area contributed by atoms with Gasteiger partial charge in [-0.1, -0.05) is 49.4 Å². The average Bonchev–Trinajstić information content (AvgIpc) is 3.31. The number of hydrogen-bond donors (Lipinski definition) is 2. The highest BCUT2D eigenvalue weighted by molar-refractivity contribution is 7.22. The van der Waals surface area contributed by atoms with Crippen LogP contribution in [0.5, 0.6) is 0 Å². The van der Waals surface area contributed by atoms with Crippen molar-refractivity contribution in [1.82, 2.24) is 10.3 Å². The molecular formula is C28H31FN4OS. The molecule has 1 heterocycles. The second kappa shape index (κ2) is 11.4. The summed E-state index contributed by atoms with van der Waals surface area (Å²) in [4.78, 5) is 19.7. The Kier molecular flexibility index (Phi) is 8.10. The van der Waals surface area contributed by atoms with E-state index in [0.29, 0.717) is 11.6 Å². The van der Waals surface area contributed by atoms with Gasteiger partial charge in [0.1, 0.15) is 5.82 Å². The Hall–Kier alpha value is -3.29. The molecule has 0 aliphatic carbocycles. The number of fused-ring (bicyclic) bond motifs is 1. The van der Waals surface area contributed by atoms with Crippen molar-refractivity contribution in [2.45, 2.75) is 32.7 Å². The van der Waals surface area contributed by atoms with Gasteiger partial charge in [0, 0.05) is 37.4 Å². The number of aromatic nitrogens is 1. The summed E-state index contributed by atoms with van der Waals surface area (Å²) in [6, 6.07) is 20.0. The van der Waals surface area contributed by atoms with Crippen LogP contribution in [-0.2, 0) is 0 Å². The van der Waals surface area contributed by atoms with Crippen molar-refractivity contribution in [2.24, 2.45) is 0 Å². The van der Waals surface area contributed by atoms with Crippen LogP contribution in [0.15, 0.2) is 66.7 Å². The van der Waals surface area contributed by atoms with Crippen LogP contribution in [0.2, 0.25) is 0 Å². The van der Waals surface area contributed by atoms with E-state index in [1.807, 2.05) is 30.3 Å². The van der Waals surface area contributed by atoms with E-state index in [4.69, 9.17) is 4.98 Å². The molecule has 7 heteroatoms. The fourth-order valence-corrected chi connectivity index (χ4v) is 4.91. The summed E-state index contributed by atoms with van der Waals surface area (Å²) in [5.74, 6) is -0.445. The monoisotopic (exact) mass is 490 g/mol. The third-order valence-corrected chi connectivity index (χ3v) is 7.28. The third-order valence-electron chi connectivity index (χ3n) is 6.15. The Morgan fingerprint density at radius 3 is 2.31 bits per heavy atom. The number of nitrogens with one attached hydrogen (secondary N) is 2. The minimum absolute atomic E-state index is 0.177. The lowest BCUT2D eigenvalue weighted by Gasteiger charge is -2.19. The number of carbonyl (C=O) groups is 1. The van der Waals surface area contributed by atoms with Gasteiger partial charge in [0.05, 0.1) is 10.2 Å². The molecule has 2 N–H and O–H groups in total. The first-order chi connectivity index (χ1) is 17.0. The van der Waals surface area contributed by atoms with E-state index in [-0.39, 0.29) is 11.7 Å². The van der Waals surface area contributed by atoms with Crippen LogP contribution in [0.1, 0.15) is 37.0 Å². The molecule has 0 bridgehead atoms. The maximum absolute atomic E-state index is 13.2. The third kappa shape index (κ3) is 6.24. The molecule has 35 heavy (non-hydrogen) atoms. The topological polar surface area (TPSA) is 57.3 Å². The van der Waals surface area contributed by atoms with Crippen LogP contribution in [0, 0.1) is 5.82 Å². The highest BCUT2D eigenvalue weighted by Crippen LogP contribution is 2.30. The lowest BCUT2D eigenvalue weighted by Crippen LogP contribution is -2.35. The first-order valence-corrected chi connectivity index (χ1v) is 12.8. The molecule has 0 saturated carbocycles. The van der Waals surface area contributed by atoms with Crippen LogP contribution in [0.25, 0.3) is 21.3 Å². The number of amides is 1. The minimum atomic E-state index is -0.268. The van der Waals surface area contributed by atoms with Gasteiger partial charge in [-0.05, 0) is 66.4 Å². The molecule has 0 spiro atoms. The Morgan fingerprint density at radius 2 is 1.66 bits per heavy atom. The number of likely N-dealkylation sites (N-methyl/N-ethyl adjacent to an activating group) is 1. The first kappa shape index (κ1) is 24.8. The highest BCUT2D eigenvalue weighted by atomic mass is 32.1. The molecule has 0 fully saturated rings. The van der Waals surface area contributed by atoms with Gasteiger partial charge in [-0.15, -0.1) is 0 Å². The zero-order chi connectivity index (χ0) is 24.8. The lowest BCUT2D eigenvalue weighted by atomic mass is 10.0. The molecular weight excluding hydrogens is 459 g/mol. The summed E-state index contributed by atoms with van der Waals surface area (Å²) in [5, 5.41) is 7.53. The van der Waals surface area contributed by atoms with Gasteiger partial charge in [-0.25, -0.2) is 9.37 Å². The second-order valence-electron chi connectivity index (χ2n) is 8.61. The highest BCUT2D eigenvalue weighted by Gasteiger charge is 2.12. The van der Waals surface area contributed by atoms with E-state index in [9.17, 15) is 9.18 Å². The minimum Gasteiger partial charge on any atom is -0.350 e. The van der Waals surface area contributed by atoms with Gasteiger partial charge < -0.3 is 15.5 Å². The van der Waals surface area contributed by atoms with Crippen molar-refractivity contribution in [1.29, 1.82) is 0 Å². The van der Waals surface area contributed by atoms with Crippen molar-refractivity contribution in [3.8, 4) is 11.1 Å². The number of nitrogens with zero attached hydrogens (tertiary/aromatic N) is 2. The molecule has 5 nitrogen and oxygen atoms in total. The summed E-state index contributed by atoms with van der Waals surface area (Å²) in [6.07, 6.45) is 2.27. The second-order valence-corrected chi connectivity index (χ2v) is 9.62. The van der Waals surface area contributed by atoms with Gasteiger partial charge in [0.2, 0.25) is 0 Å². The van der Waals surface area contributed by atoms with Crippen molar-refractivity contribution in [3.05, 3.63) is 78.1 Å². The Balaban J connectivity index is 1.39. The molecule has 182 valence electrons. The van der Waals surface area contributed by atoms with E-state index in [2.05, 4.69) is 36.4 Å². The average molecular weight is 491 g/mol. The van der Waals surface area contributed by atoms with E-state index in [1.165, 1.54) is 12.1 Å². The van der Waals surface area contributed by atoms with Crippen LogP contribution >= 0.6 is 11.3 Å². The Labute approximate surface area is 210 Å². The Morgan fingerprint density at radius 1 is 1.00 bits per heavy atom. The summed E-state index contributed by atoms with van der Waals surface area (Å²) >= 11 is 1.62. The number of benzene rings is 3. The predicted molar refractivity (Wildman–Crippen MR) is 145 cm³/mol. The van der Waals surface area contributed by atoms with Crippen molar-refractivity contribution < 1.29 is 9.18 Å². The normalized spacial score (nSPS) is 11.2. The lowest BCUT2D eigenvalue weighted by molar-refractivity contribution is 0.102. The van der Waals surface area contributed by atoms with E-state index < -0.39 is 0 Å². The van der Waals surface area contributed by atoms with Gasteiger partial charge in [-0.2, -0.15) is 0 Å². The van der Waals surface area contributed by atoms with Gasteiger partial charge in [0.15, 0.2) is 5.13 Å². The SMILES string of the molecule is CCC(CC)NCCN(C)c1nc2ccc(NC(=O)c3ccc(-c4ccc(F)cc4)cc3)cc2s1. The van der Waals surface area contributed by atoms with Gasteiger partial charge in [-0.3, -0.25) is 4.79 Å². The Bertz CT molecular complexity index is 1270. The number of carbonyl (C=O) groups excluding carboxylic acids is 1. The molecule has 0 aliphatic heterocycles. The van der Waals surface area contributed by atoms with Crippen LogP contribution < -0.4 is 15.5 Å². The molecule has 4 aromatic rings. The number of hydrogen-bond acceptors (Lipinski definition) is 5. The van der Waals surface area contributed by atoms with E-state index in [0.717, 1.165) is 58.1 Å². The predicted octanol–water partition coefficient (Wildman–Crippen LogP) is 6.57. The maximum atomic E-state index is 13.2. The van der Waals surface area contributed by atoms with Crippen molar-refractivity contribution in [2.75, 3.05) is 30.4 Å². The van der Waals surface area contributed by atoms with Crippen molar-refractivity contribution >= 4 is 38.3 Å². The standard InChI is InChI=1S/C28H31FN4OS/c1-4-23(5-2)30-16-17-33(3)28-32-25-15-14-24(18-26(25)35-28)31-27(34)21-8-6-19(7-9-21)20-10-12-22(29)13-11-20/h6-15,18,23,30H,4-5,16-17H2,1-3H3,(H,31,34). The summed E-state index contributed by atoms with van der Waals surface area (Å²) in [6.45, 7) is 6.21. The van der Waals surface area contributed by atoms with Gasteiger partial charge in [0.25, 0.3) is 5.91 Å². The summed E-state index contributed by atoms with van der Waals surface area (Å²) in [5.41, 5.74) is 4.05. The molecule has 0 saturated heterocycles. The first-order valence-electron chi connectivity index (χ1n) is 12.0. The number of halogens is 1. The van der Waals surface area contributed by atoms with Crippen molar-refractivity contribution in [3.63, 3.8) is 0 Å². The quantitative estimate of drug-likeness (QED) is 0.264. The summed E-state index contributed by atoms with van der Waals surface area (Å²) < 4.78 is 14.2. The molecule has 3 aromatic carbocycles. The molecule has 1 aromatic heterocycles. The number of rotatable bonds is 10. The van der Waals surface area contributed by atoms with Gasteiger partial charge >= 0.3 is 0 Å². The van der Waals surface area contributed by atoms with E-state index in [1.54, 1.807) is 35.6 Å². The zero-order valence-electron chi connectivity index (χ0n) is 20.3. The molecule has 1 amide bonds. The fourth-order valence-electron chi connectivity index (χ4n) is 3.92. The summed E-state index contributed by atoms with van der Waals surface area (Å²) in [7, 11) is 2.06. The molecule has 0 radical (unpaired) electrons. The fraction of sp³-hybridized carbons (Fsp3) is 0.286. The van der Waals surface area contributed by atoms with Crippen LogP contribution in [0.3, 0.4) is 0 Å². The van der Waals surface area contributed by atoms with E-state index >= 15 is 0 Å². The largest absolute Gasteiger partial charge is 0.350 e. The maximum Gasteiger partial charge on any atom is 0.255 e. The zero-order valence-corrected chi connectivity index (χ0v) is 21.2. The van der Waals surface area contributed by atoms with Crippen LogP contribution in [0.4, 0.5) is 15.2 Å².